The lowest BCUT2D eigenvalue weighted by Crippen LogP contribution is -2.24. The van der Waals surface area contributed by atoms with Crippen LogP contribution in [0.25, 0.3) is 0 Å². The number of pyridine rings is 1. The van der Waals surface area contributed by atoms with Crippen molar-refractivity contribution in [2.75, 3.05) is 7.11 Å². The molecule has 2 aromatic rings. The number of methoxy groups -OCH3 is 1. The molecule has 0 spiro atoms. The quantitative estimate of drug-likeness (QED) is 0.602. The van der Waals surface area contributed by atoms with Crippen molar-refractivity contribution >= 4 is 27.7 Å². The molecule has 0 bridgehead atoms. The van der Waals surface area contributed by atoms with E-state index >= 15 is 0 Å². The van der Waals surface area contributed by atoms with Gasteiger partial charge in [0, 0.05) is 22.4 Å². The van der Waals surface area contributed by atoms with Crippen LogP contribution >= 0.6 is 15.9 Å². The molecule has 0 aliphatic carbocycles. The molecule has 2 rings (SSSR count). The van der Waals surface area contributed by atoms with E-state index in [0.29, 0.717) is 15.8 Å². The summed E-state index contributed by atoms with van der Waals surface area (Å²) in [5, 5.41) is 0. The summed E-state index contributed by atoms with van der Waals surface area (Å²) in [5.41, 5.74) is 0.734. The molecule has 0 aliphatic rings. The number of benzene rings is 1. The Morgan fingerprint density at radius 3 is 2.41 bits per heavy atom. The predicted molar refractivity (Wildman–Crippen MR) is 84.1 cm³/mol. The summed E-state index contributed by atoms with van der Waals surface area (Å²) in [6.45, 7) is 1.54. The second kappa shape index (κ2) is 7.17. The van der Waals surface area contributed by atoms with Crippen LogP contribution in [0.1, 0.15) is 27.6 Å². The van der Waals surface area contributed by atoms with Crippen LogP contribution in [0, 0.1) is 0 Å². The average molecular weight is 364 g/mol. The standard InChI is InChI=1S/C16H14BrNO4/c1-10(15(19)11-3-5-14(21-2)6-4-11)22-16(20)12-7-13(17)9-18-8-12/h3-10H,1-2H3/t10-/m0/s1. The summed E-state index contributed by atoms with van der Waals surface area (Å²) in [5.74, 6) is -0.219. The van der Waals surface area contributed by atoms with Crippen LogP contribution in [-0.4, -0.2) is 30.0 Å². The zero-order chi connectivity index (χ0) is 16.1. The summed E-state index contributed by atoms with van der Waals surface area (Å²) < 4.78 is 10.9. The third kappa shape index (κ3) is 3.92. The van der Waals surface area contributed by atoms with Gasteiger partial charge in [0.15, 0.2) is 6.10 Å². The van der Waals surface area contributed by atoms with Crippen molar-refractivity contribution in [3.63, 3.8) is 0 Å². The van der Waals surface area contributed by atoms with E-state index in [4.69, 9.17) is 9.47 Å². The SMILES string of the molecule is COc1ccc(C(=O)[C@H](C)OC(=O)c2cncc(Br)c2)cc1. The van der Waals surface area contributed by atoms with E-state index in [-0.39, 0.29) is 11.3 Å². The summed E-state index contributed by atoms with van der Waals surface area (Å²) in [7, 11) is 1.55. The van der Waals surface area contributed by atoms with E-state index in [0.717, 1.165) is 0 Å². The Bertz CT molecular complexity index is 685. The molecule has 114 valence electrons. The number of halogens is 1. The second-order valence-electron chi connectivity index (χ2n) is 4.53. The largest absolute Gasteiger partial charge is 0.497 e. The summed E-state index contributed by atoms with van der Waals surface area (Å²) >= 11 is 3.23. The van der Waals surface area contributed by atoms with E-state index < -0.39 is 12.1 Å². The minimum absolute atomic E-state index is 0.279. The molecule has 0 unspecified atom stereocenters. The van der Waals surface area contributed by atoms with Crippen LogP contribution in [0.5, 0.6) is 5.75 Å². The summed E-state index contributed by atoms with van der Waals surface area (Å²) in [4.78, 5) is 28.1. The van der Waals surface area contributed by atoms with Gasteiger partial charge in [0.1, 0.15) is 5.75 Å². The lowest BCUT2D eigenvalue weighted by atomic mass is 10.1. The molecule has 0 saturated carbocycles. The molecule has 0 fully saturated rings. The molecular weight excluding hydrogens is 350 g/mol. The second-order valence-corrected chi connectivity index (χ2v) is 5.45. The van der Waals surface area contributed by atoms with Crippen LogP contribution in [-0.2, 0) is 4.74 Å². The fourth-order valence-corrected chi connectivity index (χ4v) is 2.16. The summed E-state index contributed by atoms with van der Waals surface area (Å²) in [6.07, 6.45) is 2.06. The van der Waals surface area contributed by atoms with Crippen molar-refractivity contribution < 1.29 is 19.1 Å². The number of ketones is 1. The number of ether oxygens (including phenoxy) is 2. The summed E-state index contributed by atoms with van der Waals surface area (Å²) in [6, 6.07) is 8.21. The molecule has 1 heterocycles. The minimum atomic E-state index is -0.889. The van der Waals surface area contributed by atoms with Gasteiger partial charge in [-0.05, 0) is 53.2 Å². The number of hydrogen-bond acceptors (Lipinski definition) is 5. The number of nitrogens with zero attached hydrogens (tertiary/aromatic N) is 1. The van der Waals surface area contributed by atoms with Gasteiger partial charge in [-0.2, -0.15) is 0 Å². The molecule has 6 heteroatoms. The first-order valence-electron chi connectivity index (χ1n) is 6.51. The third-order valence-electron chi connectivity index (χ3n) is 2.97. The highest BCUT2D eigenvalue weighted by Crippen LogP contribution is 2.15. The zero-order valence-corrected chi connectivity index (χ0v) is 13.7. The van der Waals surface area contributed by atoms with Gasteiger partial charge in [0.05, 0.1) is 12.7 Å². The van der Waals surface area contributed by atoms with E-state index in [9.17, 15) is 9.59 Å². The Morgan fingerprint density at radius 1 is 1.14 bits per heavy atom. The first-order valence-corrected chi connectivity index (χ1v) is 7.30. The van der Waals surface area contributed by atoms with Gasteiger partial charge in [-0.1, -0.05) is 0 Å². The molecule has 0 N–H and O–H groups in total. The molecular formula is C16H14BrNO4. The van der Waals surface area contributed by atoms with Gasteiger partial charge in [0.25, 0.3) is 0 Å². The smallest absolute Gasteiger partial charge is 0.340 e. The van der Waals surface area contributed by atoms with E-state index in [1.54, 1.807) is 43.6 Å². The third-order valence-corrected chi connectivity index (χ3v) is 3.40. The maximum atomic E-state index is 12.2. The number of carbonyl (C=O) groups excluding carboxylic acids is 2. The number of aromatic nitrogens is 1. The Kier molecular flexibility index (Phi) is 5.27. The maximum Gasteiger partial charge on any atom is 0.340 e. The molecule has 0 radical (unpaired) electrons. The van der Waals surface area contributed by atoms with Crippen molar-refractivity contribution in [1.82, 2.24) is 4.98 Å². The normalized spacial score (nSPS) is 11.6. The van der Waals surface area contributed by atoms with E-state index in [1.807, 2.05) is 0 Å². The zero-order valence-electron chi connectivity index (χ0n) is 12.1. The van der Waals surface area contributed by atoms with E-state index in [2.05, 4.69) is 20.9 Å². The van der Waals surface area contributed by atoms with Crippen molar-refractivity contribution in [2.24, 2.45) is 0 Å². The highest BCUT2D eigenvalue weighted by atomic mass is 79.9. The van der Waals surface area contributed by atoms with E-state index in [1.165, 1.54) is 13.1 Å². The fraction of sp³-hybridized carbons (Fsp3) is 0.188. The van der Waals surface area contributed by atoms with Crippen molar-refractivity contribution in [3.05, 3.63) is 58.3 Å². The molecule has 5 nitrogen and oxygen atoms in total. The van der Waals surface area contributed by atoms with Gasteiger partial charge in [0.2, 0.25) is 5.78 Å². The predicted octanol–water partition coefficient (Wildman–Crippen LogP) is 3.28. The molecule has 0 amide bonds. The van der Waals surface area contributed by atoms with Crippen molar-refractivity contribution in [3.8, 4) is 5.75 Å². The number of carbonyl (C=O) groups is 2. The van der Waals surface area contributed by atoms with Gasteiger partial charge >= 0.3 is 5.97 Å². The Balaban J connectivity index is 2.05. The average Bonchev–Trinajstić information content (AvgIpc) is 2.54. The van der Waals surface area contributed by atoms with Crippen LogP contribution in [0.15, 0.2) is 47.2 Å². The van der Waals surface area contributed by atoms with Crippen LogP contribution < -0.4 is 4.74 Å². The van der Waals surface area contributed by atoms with Gasteiger partial charge in [-0.3, -0.25) is 9.78 Å². The maximum absolute atomic E-state index is 12.2. The lowest BCUT2D eigenvalue weighted by Gasteiger charge is -2.12. The minimum Gasteiger partial charge on any atom is -0.497 e. The number of rotatable bonds is 5. The lowest BCUT2D eigenvalue weighted by molar-refractivity contribution is 0.0318. The first kappa shape index (κ1) is 16.2. The first-order chi connectivity index (χ1) is 10.5. The Morgan fingerprint density at radius 2 is 1.82 bits per heavy atom. The number of hydrogen-bond donors (Lipinski definition) is 0. The van der Waals surface area contributed by atoms with Crippen LogP contribution in [0.2, 0.25) is 0 Å². The van der Waals surface area contributed by atoms with Crippen molar-refractivity contribution in [2.45, 2.75) is 13.0 Å². The van der Waals surface area contributed by atoms with Gasteiger partial charge in [-0.15, -0.1) is 0 Å². The molecule has 22 heavy (non-hydrogen) atoms. The molecule has 1 aromatic carbocycles. The number of Topliss-reactive ketones (excluding diaryl/α,β-unsaturated/α-hetero) is 1. The highest BCUT2D eigenvalue weighted by molar-refractivity contribution is 9.10. The van der Waals surface area contributed by atoms with Crippen molar-refractivity contribution in [1.29, 1.82) is 0 Å². The Labute approximate surface area is 136 Å². The number of esters is 1. The highest BCUT2D eigenvalue weighted by Gasteiger charge is 2.20. The molecule has 1 aromatic heterocycles. The van der Waals surface area contributed by atoms with Crippen LogP contribution in [0.3, 0.4) is 0 Å². The van der Waals surface area contributed by atoms with Gasteiger partial charge in [-0.25, -0.2) is 4.79 Å². The topological polar surface area (TPSA) is 65.5 Å². The monoisotopic (exact) mass is 363 g/mol. The molecule has 0 saturated heterocycles. The van der Waals surface area contributed by atoms with Gasteiger partial charge < -0.3 is 9.47 Å². The molecule has 1 atom stereocenters. The Hall–Kier alpha value is -2.21. The fourth-order valence-electron chi connectivity index (χ4n) is 1.80. The molecule has 0 aliphatic heterocycles. The van der Waals surface area contributed by atoms with Crippen LogP contribution in [0.4, 0.5) is 0 Å².